The number of H-pyrrole nitrogens is 1. The Labute approximate surface area is 170 Å². The summed E-state index contributed by atoms with van der Waals surface area (Å²) in [6.07, 6.45) is 8.70. The van der Waals surface area contributed by atoms with Crippen LogP contribution in [-0.2, 0) is 24.1 Å². The summed E-state index contributed by atoms with van der Waals surface area (Å²) in [4.78, 5) is 39.0. The molecule has 2 N–H and O–H groups in total. The number of aromatic nitrogens is 3. The lowest BCUT2D eigenvalue weighted by Gasteiger charge is -2.22. The fourth-order valence-corrected chi connectivity index (χ4v) is 6.06. The smallest absolute Gasteiger partial charge is 0.259 e. The molecule has 0 aliphatic heterocycles. The lowest BCUT2D eigenvalue weighted by atomic mass is 9.83. The number of anilines is 1. The number of rotatable bonds is 5. The minimum atomic E-state index is -0.0947. The highest BCUT2D eigenvalue weighted by molar-refractivity contribution is 7.18. The number of nitrogens with one attached hydrogen (secondary N) is 2. The van der Waals surface area contributed by atoms with Crippen LogP contribution in [0.1, 0.15) is 66.4 Å². The van der Waals surface area contributed by atoms with Gasteiger partial charge in [-0.3, -0.25) is 9.59 Å². The Morgan fingerprint density at radius 1 is 1.21 bits per heavy atom. The Balaban J connectivity index is 1.26. The molecule has 1 fully saturated rings. The zero-order valence-electron chi connectivity index (χ0n) is 15.5. The quantitative estimate of drug-likeness (QED) is 0.656. The lowest BCUT2D eigenvalue weighted by Crippen LogP contribution is -2.16. The normalized spacial score (nSPS) is 16.7. The first-order valence-electron chi connectivity index (χ1n) is 9.96. The van der Waals surface area contributed by atoms with Crippen LogP contribution >= 0.6 is 22.7 Å². The van der Waals surface area contributed by atoms with Crippen molar-refractivity contribution in [1.29, 1.82) is 0 Å². The monoisotopic (exact) mass is 414 g/mol. The van der Waals surface area contributed by atoms with Crippen molar-refractivity contribution in [3.63, 3.8) is 0 Å². The summed E-state index contributed by atoms with van der Waals surface area (Å²) in [6, 6.07) is 0. The van der Waals surface area contributed by atoms with Gasteiger partial charge in [0, 0.05) is 29.0 Å². The minimum absolute atomic E-state index is 0.0649. The van der Waals surface area contributed by atoms with Gasteiger partial charge < -0.3 is 10.3 Å². The van der Waals surface area contributed by atoms with Gasteiger partial charge >= 0.3 is 0 Å². The van der Waals surface area contributed by atoms with E-state index in [9.17, 15) is 9.59 Å². The van der Waals surface area contributed by atoms with E-state index in [2.05, 4.69) is 20.3 Å². The predicted octanol–water partition coefficient (Wildman–Crippen LogP) is 4.16. The fourth-order valence-electron chi connectivity index (χ4n) is 3.98. The second kappa shape index (κ2) is 7.40. The molecular formula is C20H22N4O2S2. The van der Waals surface area contributed by atoms with Gasteiger partial charge in [-0.2, -0.15) is 0 Å². The third kappa shape index (κ3) is 3.39. The van der Waals surface area contributed by atoms with Crippen molar-refractivity contribution in [2.75, 3.05) is 5.32 Å². The van der Waals surface area contributed by atoms with E-state index in [-0.39, 0.29) is 17.9 Å². The van der Waals surface area contributed by atoms with Crippen molar-refractivity contribution in [3.8, 4) is 0 Å². The third-order valence-electron chi connectivity index (χ3n) is 5.75. The predicted molar refractivity (Wildman–Crippen MR) is 113 cm³/mol. The van der Waals surface area contributed by atoms with E-state index in [0.717, 1.165) is 35.2 Å². The van der Waals surface area contributed by atoms with E-state index in [1.807, 2.05) is 5.38 Å². The first kappa shape index (κ1) is 18.0. The van der Waals surface area contributed by atoms with E-state index < -0.39 is 0 Å². The molecule has 0 atom stereocenters. The van der Waals surface area contributed by atoms with Crippen molar-refractivity contribution < 1.29 is 4.79 Å². The van der Waals surface area contributed by atoms with Crippen molar-refractivity contribution in [2.45, 2.75) is 63.7 Å². The van der Waals surface area contributed by atoms with Gasteiger partial charge in [-0.25, -0.2) is 9.97 Å². The first-order valence-corrected chi connectivity index (χ1v) is 11.7. The molecule has 1 amide bonds. The Morgan fingerprint density at radius 3 is 2.89 bits per heavy atom. The molecule has 28 heavy (non-hydrogen) atoms. The molecule has 146 valence electrons. The van der Waals surface area contributed by atoms with E-state index in [0.29, 0.717) is 23.3 Å². The first-order chi connectivity index (χ1) is 13.7. The van der Waals surface area contributed by atoms with Gasteiger partial charge in [-0.05, 0) is 44.1 Å². The fraction of sp³-hybridized carbons (Fsp3) is 0.500. The molecule has 3 aromatic heterocycles. The molecule has 8 heteroatoms. The highest BCUT2D eigenvalue weighted by Crippen LogP contribution is 2.37. The Kier molecular flexibility index (Phi) is 4.76. The molecule has 0 aromatic carbocycles. The van der Waals surface area contributed by atoms with Crippen LogP contribution in [0.15, 0.2) is 10.2 Å². The number of carbonyl (C=O) groups is 1. The summed E-state index contributed by atoms with van der Waals surface area (Å²) in [6.45, 7) is 0. The summed E-state index contributed by atoms with van der Waals surface area (Å²) in [7, 11) is 0. The summed E-state index contributed by atoms with van der Waals surface area (Å²) in [5.41, 5.74) is 2.23. The number of thiophene rings is 1. The lowest BCUT2D eigenvalue weighted by molar-refractivity contribution is -0.116. The molecule has 0 unspecified atom stereocenters. The molecule has 0 saturated heterocycles. The van der Waals surface area contributed by atoms with Gasteiger partial charge in [0.1, 0.15) is 10.7 Å². The number of nitrogens with zero attached hydrogens (tertiary/aromatic N) is 2. The molecule has 0 radical (unpaired) electrons. The SMILES string of the molecule is O=C(CCc1nc2sc3c(c2c(=O)[nH]1)CCCC3)Nc1nc(C2CCC2)cs1. The zero-order chi connectivity index (χ0) is 19.1. The second-order valence-electron chi connectivity index (χ2n) is 7.66. The molecule has 2 aliphatic carbocycles. The summed E-state index contributed by atoms with van der Waals surface area (Å²) in [5.74, 6) is 1.06. The molecule has 0 spiro atoms. The third-order valence-corrected chi connectivity index (χ3v) is 7.72. The van der Waals surface area contributed by atoms with Gasteiger partial charge in [0.25, 0.3) is 5.56 Å². The van der Waals surface area contributed by atoms with Crippen LogP contribution in [0, 0.1) is 0 Å². The van der Waals surface area contributed by atoms with Crippen LogP contribution in [0.4, 0.5) is 5.13 Å². The number of aryl methyl sites for hydroxylation is 3. The topological polar surface area (TPSA) is 87.7 Å². The van der Waals surface area contributed by atoms with E-state index >= 15 is 0 Å². The molecular weight excluding hydrogens is 392 g/mol. The zero-order valence-corrected chi connectivity index (χ0v) is 17.2. The van der Waals surface area contributed by atoms with E-state index in [4.69, 9.17) is 0 Å². The second-order valence-corrected chi connectivity index (χ2v) is 9.60. The Bertz CT molecular complexity index is 1090. The molecule has 5 rings (SSSR count). The van der Waals surface area contributed by atoms with E-state index in [1.54, 1.807) is 11.3 Å². The van der Waals surface area contributed by atoms with Crippen LogP contribution in [0.3, 0.4) is 0 Å². The maximum Gasteiger partial charge on any atom is 0.259 e. The molecule has 3 aromatic rings. The molecule has 0 bridgehead atoms. The number of thiazole rings is 1. The highest BCUT2D eigenvalue weighted by Gasteiger charge is 2.23. The van der Waals surface area contributed by atoms with Crippen LogP contribution in [-0.4, -0.2) is 20.9 Å². The van der Waals surface area contributed by atoms with Gasteiger partial charge in [0.2, 0.25) is 5.91 Å². The van der Waals surface area contributed by atoms with Gasteiger partial charge in [-0.1, -0.05) is 6.42 Å². The van der Waals surface area contributed by atoms with Gasteiger partial charge in [-0.15, -0.1) is 22.7 Å². The number of hydrogen-bond donors (Lipinski definition) is 2. The van der Waals surface area contributed by atoms with Crippen molar-refractivity contribution in [2.24, 2.45) is 0 Å². The maximum absolute atomic E-state index is 12.6. The number of amides is 1. The van der Waals surface area contributed by atoms with Crippen LogP contribution < -0.4 is 10.9 Å². The Morgan fingerprint density at radius 2 is 2.07 bits per heavy atom. The molecule has 2 aliphatic rings. The molecule has 1 saturated carbocycles. The number of fused-ring (bicyclic) bond motifs is 3. The summed E-state index contributed by atoms with van der Waals surface area (Å²) >= 11 is 3.12. The molecule has 3 heterocycles. The maximum atomic E-state index is 12.6. The van der Waals surface area contributed by atoms with Gasteiger partial charge in [0.15, 0.2) is 5.13 Å². The van der Waals surface area contributed by atoms with Crippen molar-refractivity contribution in [1.82, 2.24) is 15.0 Å². The summed E-state index contributed by atoms with van der Waals surface area (Å²) in [5, 5.41) is 6.35. The van der Waals surface area contributed by atoms with Crippen molar-refractivity contribution in [3.05, 3.63) is 37.7 Å². The molecule has 6 nitrogen and oxygen atoms in total. The average molecular weight is 415 g/mol. The standard InChI is InChI=1S/C20H22N4O2S2/c25-16(24-20-21-13(10-27-20)11-4-3-5-11)9-8-15-22-18(26)17-12-6-1-2-7-14(12)28-19(17)23-15/h10-11H,1-9H2,(H,21,24,25)(H,22,23,26). The van der Waals surface area contributed by atoms with Crippen LogP contribution in [0.25, 0.3) is 10.2 Å². The number of carbonyl (C=O) groups excluding carboxylic acids is 1. The minimum Gasteiger partial charge on any atom is -0.310 e. The highest BCUT2D eigenvalue weighted by atomic mass is 32.1. The summed E-state index contributed by atoms with van der Waals surface area (Å²) < 4.78 is 0. The van der Waals surface area contributed by atoms with Gasteiger partial charge in [0.05, 0.1) is 11.1 Å². The largest absolute Gasteiger partial charge is 0.310 e. The Hall–Kier alpha value is -2.06. The van der Waals surface area contributed by atoms with Crippen LogP contribution in [0.2, 0.25) is 0 Å². The number of hydrogen-bond acceptors (Lipinski definition) is 6. The number of aromatic amines is 1. The van der Waals surface area contributed by atoms with Crippen LogP contribution in [0.5, 0.6) is 0 Å². The van der Waals surface area contributed by atoms with E-state index in [1.165, 1.54) is 47.5 Å². The van der Waals surface area contributed by atoms with Crippen molar-refractivity contribution >= 4 is 43.9 Å². The average Bonchev–Trinajstić information content (AvgIpc) is 3.23.